The molecule has 2 aromatic carbocycles. The third kappa shape index (κ3) is 4.28. The number of rotatable bonds is 4. The number of para-hydroxylation sites is 1. The second-order valence-corrected chi connectivity index (χ2v) is 7.26. The zero-order chi connectivity index (χ0) is 17.9. The molecule has 0 radical (unpaired) electrons. The standard InChI is InChI=1S/C16H18FN3O2S2/c1-11(12-7-9-13(10-8-12)24(18,21)22)20(2)16(23)19-15-6-4-3-5-14(15)17/h3-11H,1-2H3,(H,19,23)(H2,18,21,22)/t11-/m0/s1. The number of hydrogen-bond donors (Lipinski definition) is 2. The fraction of sp³-hybridized carbons (Fsp3) is 0.188. The molecule has 1 atom stereocenters. The van der Waals surface area contributed by atoms with Crippen LogP contribution in [0.4, 0.5) is 10.1 Å². The van der Waals surface area contributed by atoms with Crippen LogP contribution in [0.25, 0.3) is 0 Å². The van der Waals surface area contributed by atoms with Gasteiger partial charge in [-0.2, -0.15) is 0 Å². The summed E-state index contributed by atoms with van der Waals surface area (Å²) in [5.41, 5.74) is 1.15. The smallest absolute Gasteiger partial charge is 0.238 e. The van der Waals surface area contributed by atoms with Gasteiger partial charge in [-0.3, -0.25) is 0 Å². The van der Waals surface area contributed by atoms with Gasteiger partial charge in [0.15, 0.2) is 5.11 Å². The van der Waals surface area contributed by atoms with Crippen molar-refractivity contribution in [2.75, 3.05) is 12.4 Å². The molecule has 0 unspecified atom stereocenters. The van der Waals surface area contributed by atoms with Gasteiger partial charge in [-0.1, -0.05) is 24.3 Å². The monoisotopic (exact) mass is 367 g/mol. The quantitative estimate of drug-likeness (QED) is 0.813. The first kappa shape index (κ1) is 18.3. The molecule has 24 heavy (non-hydrogen) atoms. The van der Waals surface area contributed by atoms with Gasteiger partial charge in [-0.15, -0.1) is 0 Å². The van der Waals surface area contributed by atoms with E-state index in [1.165, 1.54) is 18.2 Å². The Morgan fingerprint density at radius 3 is 2.33 bits per heavy atom. The van der Waals surface area contributed by atoms with Crippen LogP contribution in [0.15, 0.2) is 53.4 Å². The number of sulfonamides is 1. The van der Waals surface area contributed by atoms with E-state index in [1.54, 1.807) is 42.3 Å². The fourth-order valence-electron chi connectivity index (χ4n) is 2.10. The highest BCUT2D eigenvalue weighted by molar-refractivity contribution is 7.89. The summed E-state index contributed by atoms with van der Waals surface area (Å²) in [6, 6.07) is 12.4. The van der Waals surface area contributed by atoms with Gasteiger partial charge in [0.25, 0.3) is 0 Å². The highest BCUT2D eigenvalue weighted by Gasteiger charge is 2.16. The number of halogens is 1. The topological polar surface area (TPSA) is 75.4 Å². The highest BCUT2D eigenvalue weighted by atomic mass is 32.2. The van der Waals surface area contributed by atoms with E-state index < -0.39 is 15.8 Å². The number of primary sulfonamides is 1. The predicted molar refractivity (Wildman–Crippen MR) is 96.6 cm³/mol. The van der Waals surface area contributed by atoms with Crippen molar-refractivity contribution in [3.8, 4) is 0 Å². The summed E-state index contributed by atoms with van der Waals surface area (Å²) in [7, 11) is -1.95. The molecule has 2 rings (SSSR count). The Kier molecular flexibility index (Phi) is 5.53. The minimum absolute atomic E-state index is 0.0492. The number of anilines is 1. The maximum atomic E-state index is 13.7. The number of nitrogens with two attached hydrogens (primary N) is 1. The van der Waals surface area contributed by atoms with E-state index in [0.29, 0.717) is 10.8 Å². The third-order valence-electron chi connectivity index (χ3n) is 3.71. The summed E-state index contributed by atoms with van der Waals surface area (Å²) < 4.78 is 36.3. The third-order valence-corrected chi connectivity index (χ3v) is 5.03. The lowest BCUT2D eigenvalue weighted by molar-refractivity contribution is 0.408. The van der Waals surface area contributed by atoms with Crippen molar-refractivity contribution in [3.05, 3.63) is 59.9 Å². The van der Waals surface area contributed by atoms with Crippen molar-refractivity contribution >= 4 is 33.0 Å². The van der Waals surface area contributed by atoms with E-state index in [2.05, 4.69) is 5.32 Å². The zero-order valence-electron chi connectivity index (χ0n) is 13.2. The van der Waals surface area contributed by atoms with Crippen molar-refractivity contribution in [3.63, 3.8) is 0 Å². The first-order chi connectivity index (χ1) is 11.2. The molecule has 3 N–H and O–H groups in total. The molecule has 0 aromatic heterocycles. The van der Waals surface area contributed by atoms with Crippen LogP contribution in [-0.4, -0.2) is 25.5 Å². The number of nitrogens with zero attached hydrogens (tertiary/aromatic N) is 1. The minimum Gasteiger partial charge on any atom is -0.345 e. The van der Waals surface area contributed by atoms with Gasteiger partial charge in [0.1, 0.15) is 5.82 Å². The molecular weight excluding hydrogens is 349 g/mol. The van der Waals surface area contributed by atoms with Gasteiger partial charge >= 0.3 is 0 Å². The molecule has 0 saturated heterocycles. The highest BCUT2D eigenvalue weighted by Crippen LogP contribution is 2.22. The van der Waals surface area contributed by atoms with Crippen LogP contribution in [0, 0.1) is 5.82 Å². The summed E-state index contributed by atoms with van der Waals surface area (Å²) in [5.74, 6) is -0.390. The summed E-state index contributed by atoms with van der Waals surface area (Å²) in [4.78, 5) is 1.81. The molecule has 0 spiro atoms. The summed E-state index contributed by atoms with van der Waals surface area (Å²) in [6.45, 7) is 1.90. The molecule has 0 fully saturated rings. The minimum atomic E-state index is -3.72. The molecule has 0 aliphatic rings. The van der Waals surface area contributed by atoms with Gasteiger partial charge < -0.3 is 10.2 Å². The molecule has 0 saturated carbocycles. The Bertz CT molecular complexity index is 839. The van der Waals surface area contributed by atoms with E-state index in [9.17, 15) is 12.8 Å². The largest absolute Gasteiger partial charge is 0.345 e. The SMILES string of the molecule is C[C@@H](c1ccc(S(N)(=O)=O)cc1)N(C)C(=S)Nc1ccccc1F. The van der Waals surface area contributed by atoms with Crippen LogP contribution < -0.4 is 10.5 Å². The van der Waals surface area contributed by atoms with Crippen molar-refractivity contribution in [2.24, 2.45) is 5.14 Å². The van der Waals surface area contributed by atoms with Gasteiger partial charge in [0.05, 0.1) is 16.6 Å². The second-order valence-electron chi connectivity index (χ2n) is 5.31. The molecule has 0 heterocycles. The molecule has 0 aliphatic heterocycles. The van der Waals surface area contributed by atoms with Gasteiger partial charge in [-0.25, -0.2) is 17.9 Å². The Morgan fingerprint density at radius 1 is 1.21 bits per heavy atom. The van der Waals surface area contributed by atoms with Gasteiger partial charge in [0.2, 0.25) is 10.0 Å². The lowest BCUT2D eigenvalue weighted by Gasteiger charge is -2.28. The molecule has 8 heteroatoms. The van der Waals surface area contributed by atoms with Crippen molar-refractivity contribution in [1.82, 2.24) is 4.90 Å². The van der Waals surface area contributed by atoms with Crippen LogP contribution in [0.3, 0.4) is 0 Å². The lowest BCUT2D eigenvalue weighted by atomic mass is 10.1. The first-order valence-electron chi connectivity index (χ1n) is 7.11. The van der Waals surface area contributed by atoms with E-state index >= 15 is 0 Å². The maximum Gasteiger partial charge on any atom is 0.238 e. The molecule has 0 amide bonds. The van der Waals surface area contributed by atoms with Crippen LogP contribution in [0.1, 0.15) is 18.5 Å². The van der Waals surface area contributed by atoms with Gasteiger partial charge in [0, 0.05) is 7.05 Å². The Hall–Kier alpha value is -2.03. The Labute approximate surface area is 146 Å². The molecule has 128 valence electrons. The predicted octanol–water partition coefficient (Wildman–Crippen LogP) is 2.86. The molecular formula is C16H18FN3O2S2. The van der Waals surface area contributed by atoms with Crippen LogP contribution in [0.5, 0.6) is 0 Å². The number of nitrogens with one attached hydrogen (secondary N) is 1. The van der Waals surface area contributed by atoms with Crippen molar-refractivity contribution < 1.29 is 12.8 Å². The van der Waals surface area contributed by atoms with Crippen LogP contribution >= 0.6 is 12.2 Å². The van der Waals surface area contributed by atoms with Crippen molar-refractivity contribution in [1.29, 1.82) is 0 Å². The lowest BCUT2D eigenvalue weighted by Crippen LogP contribution is -2.33. The summed E-state index contributed by atoms with van der Waals surface area (Å²) in [5, 5.41) is 8.30. The summed E-state index contributed by atoms with van der Waals surface area (Å²) in [6.07, 6.45) is 0. The molecule has 5 nitrogen and oxygen atoms in total. The number of hydrogen-bond acceptors (Lipinski definition) is 3. The fourth-order valence-corrected chi connectivity index (χ4v) is 2.88. The van der Waals surface area contributed by atoms with E-state index in [-0.39, 0.29) is 10.9 Å². The number of thiocarbonyl (C=S) groups is 1. The molecule has 0 bridgehead atoms. The second kappa shape index (κ2) is 7.25. The number of benzene rings is 2. The Morgan fingerprint density at radius 2 is 1.79 bits per heavy atom. The maximum absolute atomic E-state index is 13.7. The normalized spacial score (nSPS) is 12.5. The van der Waals surface area contributed by atoms with Crippen LogP contribution in [-0.2, 0) is 10.0 Å². The first-order valence-corrected chi connectivity index (χ1v) is 9.06. The van der Waals surface area contributed by atoms with Crippen molar-refractivity contribution in [2.45, 2.75) is 17.9 Å². The van der Waals surface area contributed by atoms with E-state index in [0.717, 1.165) is 5.56 Å². The van der Waals surface area contributed by atoms with E-state index in [1.807, 2.05) is 6.92 Å². The molecule has 2 aromatic rings. The summed E-state index contributed by atoms with van der Waals surface area (Å²) >= 11 is 5.31. The van der Waals surface area contributed by atoms with Crippen LogP contribution in [0.2, 0.25) is 0 Å². The zero-order valence-corrected chi connectivity index (χ0v) is 14.9. The van der Waals surface area contributed by atoms with Gasteiger partial charge in [-0.05, 0) is 49.0 Å². The molecule has 0 aliphatic carbocycles. The Balaban J connectivity index is 2.12. The average Bonchev–Trinajstić information content (AvgIpc) is 2.55. The average molecular weight is 367 g/mol. The van der Waals surface area contributed by atoms with E-state index in [4.69, 9.17) is 17.4 Å².